The van der Waals surface area contributed by atoms with Crippen molar-refractivity contribution in [2.24, 2.45) is 11.8 Å². The van der Waals surface area contributed by atoms with E-state index >= 15 is 0 Å². The minimum atomic E-state index is -3.20. The Kier molecular flexibility index (Phi) is 7.07. The van der Waals surface area contributed by atoms with Crippen LogP contribution in [0.4, 0.5) is 0 Å². The van der Waals surface area contributed by atoms with Gasteiger partial charge in [0.05, 0.1) is 13.2 Å². The second kappa shape index (κ2) is 7.15. The molecule has 90 valence electrons. The van der Waals surface area contributed by atoms with Gasteiger partial charge in [0, 0.05) is 0 Å². The fourth-order valence-electron chi connectivity index (χ4n) is 0.759. The normalized spacial score (nSPS) is 12.4. The van der Waals surface area contributed by atoms with Gasteiger partial charge in [0.25, 0.3) is 0 Å². The molecule has 0 rings (SSSR count). The van der Waals surface area contributed by atoms with Crippen LogP contribution in [0.3, 0.4) is 0 Å². The number of hydrogen-bond donors (Lipinski definition) is 0. The molecule has 0 heterocycles. The van der Waals surface area contributed by atoms with Crippen LogP contribution >= 0.6 is 7.60 Å². The van der Waals surface area contributed by atoms with Crippen LogP contribution in [0.2, 0.25) is 0 Å². The van der Waals surface area contributed by atoms with E-state index in [9.17, 15) is 9.36 Å². The molecular formula is C10H21O4P. The first-order valence-corrected chi connectivity index (χ1v) is 6.94. The SMILES string of the molecule is CC(C)COP(=O)(CC=O)OCC(C)C. The third-order valence-electron chi connectivity index (χ3n) is 1.51. The van der Waals surface area contributed by atoms with Gasteiger partial charge in [0.15, 0.2) is 0 Å². The van der Waals surface area contributed by atoms with Gasteiger partial charge in [-0.1, -0.05) is 27.7 Å². The predicted octanol–water partition coefficient (Wildman–Crippen LogP) is 2.72. The van der Waals surface area contributed by atoms with Crippen molar-refractivity contribution >= 4 is 13.9 Å². The van der Waals surface area contributed by atoms with Crippen molar-refractivity contribution in [3.63, 3.8) is 0 Å². The van der Waals surface area contributed by atoms with Crippen molar-refractivity contribution in [2.75, 3.05) is 19.4 Å². The Bertz CT molecular complexity index is 209. The van der Waals surface area contributed by atoms with E-state index in [1.54, 1.807) is 0 Å². The summed E-state index contributed by atoms with van der Waals surface area (Å²) in [6.07, 6.45) is 0.424. The average Bonchev–Trinajstić information content (AvgIpc) is 2.13. The van der Waals surface area contributed by atoms with Crippen molar-refractivity contribution in [3.05, 3.63) is 0 Å². The summed E-state index contributed by atoms with van der Waals surface area (Å²) in [6, 6.07) is 0. The van der Waals surface area contributed by atoms with E-state index in [1.165, 1.54) is 0 Å². The molecule has 0 aromatic carbocycles. The van der Waals surface area contributed by atoms with Crippen LogP contribution in [0.1, 0.15) is 27.7 Å². The molecule has 4 nitrogen and oxygen atoms in total. The van der Waals surface area contributed by atoms with E-state index in [-0.39, 0.29) is 18.0 Å². The molecule has 5 heteroatoms. The fraction of sp³-hybridized carbons (Fsp3) is 0.900. The van der Waals surface area contributed by atoms with E-state index in [4.69, 9.17) is 9.05 Å². The Labute approximate surface area is 91.9 Å². The van der Waals surface area contributed by atoms with Crippen LogP contribution in [-0.4, -0.2) is 25.7 Å². The fourth-order valence-corrected chi connectivity index (χ4v) is 2.28. The first kappa shape index (κ1) is 14.8. The summed E-state index contributed by atoms with van der Waals surface area (Å²) in [4.78, 5) is 10.4. The Morgan fingerprint density at radius 3 is 1.73 bits per heavy atom. The third kappa shape index (κ3) is 7.71. The molecule has 0 aliphatic heterocycles. The Hall–Kier alpha value is -0.180. The lowest BCUT2D eigenvalue weighted by Gasteiger charge is -2.18. The van der Waals surface area contributed by atoms with Crippen molar-refractivity contribution < 1.29 is 18.4 Å². The second-order valence-electron chi connectivity index (χ2n) is 4.34. The van der Waals surface area contributed by atoms with Crippen LogP contribution in [0.25, 0.3) is 0 Å². The molecule has 0 atom stereocenters. The topological polar surface area (TPSA) is 52.6 Å². The van der Waals surface area contributed by atoms with Crippen molar-refractivity contribution in [2.45, 2.75) is 27.7 Å². The van der Waals surface area contributed by atoms with Gasteiger partial charge < -0.3 is 13.8 Å². The zero-order valence-corrected chi connectivity index (χ0v) is 10.8. The standard InChI is InChI=1S/C10H21O4P/c1-9(2)7-13-15(12,6-5-11)14-8-10(3)4/h5,9-10H,6-8H2,1-4H3. The maximum absolute atomic E-state index is 11.9. The molecule has 15 heavy (non-hydrogen) atoms. The van der Waals surface area contributed by atoms with Crippen LogP contribution in [0.5, 0.6) is 0 Å². The third-order valence-corrected chi connectivity index (χ3v) is 3.19. The lowest BCUT2D eigenvalue weighted by atomic mass is 10.2. The van der Waals surface area contributed by atoms with Gasteiger partial charge >= 0.3 is 7.60 Å². The minimum Gasteiger partial charge on any atom is -0.308 e. The number of hydrogen-bond acceptors (Lipinski definition) is 4. The minimum absolute atomic E-state index is 0.160. The lowest BCUT2D eigenvalue weighted by molar-refractivity contribution is -0.106. The number of aldehydes is 1. The highest BCUT2D eigenvalue weighted by molar-refractivity contribution is 7.54. The van der Waals surface area contributed by atoms with Gasteiger partial charge in [-0.25, -0.2) is 0 Å². The molecule has 0 aliphatic carbocycles. The summed E-state index contributed by atoms with van der Waals surface area (Å²) in [7, 11) is -3.20. The Balaban J connectivity index is 4.18. The molecular weight excluding hydrogens is 215 g/mol. The van der Waals surface area contributed by atoms with Crippen LogP contribution in [0.15, 0.2) is 0 Å². The molecule has 0 N–H and O–H groups in total. The first-order chi connectivity index (χ1) is 6.89. The molecule has 0 bridgehead atoms. The molecule has 0 saturated heterocycles. The first-order valence-electron chi connectivity index (χ1n) is 5.21. The van der Waals surface area contributed by atoms with Crippen molar-refractivity contribution in [1.29, 1.82) is 0 Å². The summed E-state index contributed by atoms with van der Waals surface area (Å²) in [5, 5.41) is 0. The second-order valence-corrected chi connectivity index (χ2v) is 6.44. The summed E-state index contributed by atoms with van der Waals surface area (Å²) in [5.74, 6) is 0.542. The lowest BCUT2D eigenvalue weighted by Crippen LogP contribution is -2.09. The summed E-state index contributed by atoms with van der Waals surface area (Å²) >= 11 is 0. The Morgan fingerprint density at radius 2 is 1.47 bits per heavy atom. The van der Waals surface area contributed by atoms with Crippen LogP contribution in [0, 0.1) is 11.8 Å². The molecule has 0 radical (unpaired) electrons. The summed E-state index contributed by atoms with van der Waals surface area (Å²) in [5.41, 5.74) is 0. The van der Waals surface area contributed by atoms with Gasteiger partial charge in [0.2, 0.25) is 0 Å². The molecule has 0 amide bonds. The zero-order valence-electron chi connectivity index (χ0n) is 9.93. The van der Waals surface area contributed by atoms with Gasteiger partial charge in [-0.05, 0) is 11.8 Å². The molecule has 0 spiro atoms. The van der Waals surface area contributed by atoms with Gasteiger partial charge in [-0.2, -0.15) is 0 Å². The highest BCUT2D eigenvalue weighted by atomic mass is 31.2. The Morgan fingerprint density at radius 1 is 1.07 bits per heavy atom. The average molecular weight is 236 g/mol. The van der Waals surface area contributed by atoms with E-state index in [2.05, 4.69) is 0 Å². The van der Waals surface area contributed by atoms with Crippen molar-refractivity contribution in [3.8, 4) is 0 Å². The maximum atomic E-state index is 11.9. The zero-order chi connectivity index (χ0) is 11.9. The van der Waals surface area contributed by atoms with Gasteiger partial charge in [-0.3, -0.25) is 4.57 Å². The van der Waals surface area contributed by atoms with E-state index in [1.807, 2.05) is 27.7 Å². The van der Waals surface area contributed by atoms with Gasteiger partial charge in [-0.15, -0.1) is 0 Å². The van der Waals surface area contributed by atoms with E-state index in [0.29, 0.717) is 19.5 Å². The van der Waals surface area contributed by atoms with Crippen LogP contribution in [-0.2, 0) is 18.4 Å². The quantitative estimate of drug-likeness (QED) is 0.480. The number of carbonyl (C=O) groups is 1. The smallest absolute Gasteiger partial charge is 0.308 e. The maximum Gasteiger partial charge on any atom is 0.337 e. The highest BCUT2D eigenvalue weighted by Gasteiger charge is 2.24. The van der Waals surface area contributed by atoms with E-state index in [0.717, 1.165) is 0 Å². The molecule has 0 fully saturated rings. The summed E-state index contributed by atoms with van der Waals surface area (Å²) < 4.78 is 22.3. The van der Waals surface area contributed by atoms with Gasteiger partial charge in [0.1, 0.15) is 12.4 Å². The number of rotatable bonds is 8. The predicted molar refractivity (Wildman–Crippen MR) is 60.1 cm³/mol. The molecule has 0 aromatic rings. The number of carbonyl (C=O) groups excluding carboxylic acids is 1. The van der Waals surface area contributed by atoms with Crippen LogP contribution < -0.4 is 0 Å². The van der Waals surface area contributed by atoms with Crippen molar-refractivity contribution in [1.82, 2.24) is 0 Å². The highest BCUT2D eigenvalue weighted by Crippen LogP contribution is 2.47. The van der Waals surface area contributed by atoms with E-state index < -0.39 is 7.60 Å². The molecule has 0 saturated carbocycles. The molecule has 0 aliphatic rings. The molecule has 0 aromatic heterocycles. The summed E-state index contributed by atoms with van der Waals surface area (Å²) in [6.45, 7) is 8.51. The largest absolute Gasteiger partial charge is 0.337 e. The monoisotopic (exact) mass is 236 g/mol. The molecule has 0 unspecified atom stereocenters.